The first-order valence-corrected chi connectivity index (χ1v) is 12.4. The number of quaternary nitrogens is 1. The molecule has 2 aromatic rings. The molecule has 1 saturated heterocycles. The van der Waals surface area contributed by atoms with Gasteiger partial charge < -0.3 is 9.80 Å². The fourth-order valence-corrected chi connectivity index (χ4v) is 6.24. The summed E-state index contributed by atoms with van der Waals surface area (Å²) in [5, 5.41) is 4.30. The predicted octanol–water partition coefficient (Wildman–Crippen LogP) is 1.000. The predicted molar refractivity (Wildman–Crippen MR) is 112 cm³/mol. The van der Waals surface area contributed by atoms with Crippen molar-refractivity contribution in [3.63, 3.8) is 0 Å². The normalized spacial score (nSPS) is 20.4. The number of hydrogen-bond acceptors (Lipinski definition) is 4. The molecule has 8 heteroatoms. The zero-order valence-corrected chi connectivity index (χ0v) is 17.9. The van der Waals surface area contributed by atoms with Crippen LogP contribution in [0.4, 0.5) is 5.69 Å². The Bertz CT molecular complexity index is 965. The van der Waals surface area contributed by atoms with Crippen LogP contribution in [0, 0.1) is 0 Å². The fourth-order valence-electron chi connectivity index (χ4n) is 4.31. The lowest BCUT2D eigenvalue weighted by Crippen LogP contribution is -3.13. The summed E-state index contributed by atoms with van der Waals surface area (Å²) in [6, 6.07) is 7.48. The van der Waals surface area contributed by atoms with Crippen molar-refractivity contribution in [3.8, 4) is 0 Å². The van der Waals surface area contributed by atoms with E-state index in [0.717, 1.165) is 38.3 Å². The fraction of sp³-hybridized carbons (Fsp3) is 0.450. The van der Waals surface area contributed by atoms with E-state index in [1.807, 2.05) is 17.9 Å². The Labute approximate surface area is 170 Å². The summed E-state index contributed by atoms with van der Waals surface area (Å²) in [5.74, 6) is 0.0443. The Morgan fingerprint density at radius 3 is 2.64 bits per heavy atom. The minimum absolute atomic E-state index is 0.0443. The van der Waals surface area contributed by atoms with Gasteiger partial charge >= 0.3 is 0 Å². The number of hydrogen-bond donors (Lipinski definition) is 1. The third-order valence-electron chi connectivity index (χ3n) is 5.63. The molecule has 0 bridgehead atoms. The second kappa shape index (κ2) is 7.50. The van der Waals surface area contributed by atoms with Crippen LogP contribution in [0.1, 0.15) is 28.4 Å². The third-order valence-corrected chi connectivity index (χ3v) is 7.63. The molecule has 2 aliphatic heterocycles. The summed E-state index contributed by atoms with van der Waals surface area (Å²) in [7, 11) is -3.31. The van der Waals surface area contributed by atoms with Crippen LogP contribution in [0.2, 0.25) is 0 Å². The lowest BCUT2D eigenvalue weighted by Gasteiger charge is -2.32. The maximum atomic E-state index is 13.0. The number of nitrogens with zero attached hydrogens (tertiary/aromatic N) is 2. The van der Waals surface area contributed by atoms with E-state index >= 15 is 0 Å². The molecule has 4 rings (SSSR count). The minimum atomic E-state index is -3.31. The average molecular weight is 421 g/mol. The molecule has 1 atom stereocenters. The van der Waals surface area contributed by atoms with Crippen molar-refractivity contribution in [3.05, 3.63) is 51.7 Å². The summed E-state index contributed by atoms with van der Waals surface area (Å²) < 4.78 is 25.6. The summed E-state index contributed by atoms with van der Waals surface area (Å²) in [6.45, 7) is 6.32. The number of carbonyl (C=O) groups excluding carboxylic acids is 1. The van der Waals surface area contributed by atoms with Crippen molar-refractivity contribution in [1.29, 1.82) is 0 Å². The molecule has 0 radical (unpaired) electrons. The zero-order valence-electron chi connectivity index (χ0n) is 16.2. The van der Waals surface area contributed by atoms with Crippen molar-refractivity contribution < 1.29 is 18.1 Å². The Kier molecular flexibility index (Phi) is 5.20. The molecule has 1 amide bonds. The molecule has 1 aromatic heterocycles. The van der Waals surface area contributed by atoms with Crippen LogP contribution in [0.3, 0.4) is 0 Å². The number of amides is 1. The molecule has 28 heavy (non-hydrogen) atoms. The summed E-state index contributed by atoms with van der Waals surface area (Å²) in [6.07, 6.45) is 1.87. The molecule has 0 saturated carbocycles. The van der Waals surface area contributed by atoms with Gasteiger partial charge in [-0.15, -0.1) is 0 Å². The maximum absolute atomic E-state index is 13.0. The molecule has 0 aliphatic carbocycles. The summed E-state index contributed by atoms with van der Waals surface area (Å²) in [5.41, 5.74) is 3.66. The average Bonchev–Trinajstić information content (AvgIpc) is 3.27. The SMILES string of the molecule is C[C@H]1Cc2cc(C(=O)N3CC[NH+](Cc4ccsc4)CC3)ccc2N1S(C)(=O)=O. The van der Waals surface area contributed by atoms with Gasteiger partial charge in [-0.1, -0.05) is 0 Å². The first kappa shape index (κ1) is 19.4. The maximum Gasteiger partial charge on any atom is 0.254 e. The van der Waals surface area contributed by atoms with E-state index in [1.54, 1.807) is 23.5 Å². The van der Waals surface area contributed by atoms with Crippen molar-refractivity contribution in [1.82, 2.24) is 4.90 Å². The standard InChI is InChI=1S/C20H25N3O3S2/c1-15-11-18-12-17(3-4-19(18)23(15)28(2,25)26)20(24)22-8-6-21(7-9-22)13-16-5-10-27-14-16/h3-5,10,12,14-15H,6-9,11,13H2,1-2H3/p+1/t15-/m0/s1. The lowest BCUT2D eigenvalue weighted by atomic mass is 10.1. The Hall–Kier alpha value is -1.90. The number of sulfonamides is 1. The smallest absolute Gasteiger partial charge is 0.254 e. The molecule has 1 N–H and O–H groups in total. The van der Waals surface area contributed by atoms with E-state index < -0.39 is 10.0 Å². The van der Waals surface area contributed by atoms with Gasteiger partial charge in [0.25, 0.3) is 5.91 Å². The number of nitrogens with one attached hydrogen (secondary N) is 1. The van der Waals surface area contributed by atoms with E-state index in [-0.39, 0.29) is 11.9 Å². The molecule has 6 nitrogen and oxygen atoms in total. The number of carbonyl (C=O) groups is 1. The highest BCUT2D eigenvalue weighted by molar-refractivity contribution is 7.92. The second-order valence-electron chi connectivity index (χ2n) is 7.81. The number of piperazine rings is 1. The van der Waals surface area contributed by atoms with Gasteiger partial charge in [-0.05, 0) is 53.9 Å². The molecule has 2 aliphatic rings. The molecule has 0 unspecified atom stereocenters. The molecule has 3 heterocycles. The van der Waals surface area contributed by atoms with Crippen LogP contribution >= 0.6 is 11.3 Å². The van der Waals surface area contributed by atoms with Crippen molar-refractivity contribution >= 4 is 33.0 Å². The number of fused-ring (bicyclic) bond motifs is 1. The topological polar surface area (TPSA) is 62.1 Å². The Balaban J connectivity index is 1.43. The Morgan fingerprint density at radius 1 is 1.25 bits per heavy atom. The summed E-state index contributed by atoms with van der Waals surface area (Å²) >= 11 is 1.72. The number of rotatable bonds is 4. The number of thiophene rings is 1. The molecule has 150 valence electrons. The van der Waals surface area contributed by atoms with Crippen molar-refractivity contribution in [2.24, 2.45) is 0 Å². The van der Waals surface area contributed by atoms with Gasteiger partial charge in [0.1, 0.15) is 6.54 Å². The first-order chi connectivity index (χ1) is 13.3. The van der Waals surface area contributed by atoms with Crippen LogP contribution in [0.5, 0.6) is 0 Å². The van der Waals surface area contributed by atoms with E-state index in [9.17, 15) is 13.2 Å². The van der Waals surface area contributed by atoms with Gasteiger partial charge in [0, 0.05) is 17.2 Å². The monoisotopic (exact) mass is 420 g/mol. The van der Waals surface area contributed by atoms with Crippen LogP contribution in [0.25, 0.3) is 0 Å². The number of benzene rings is 1. The van der Waals surface area contributed by atoms with Gasteiger partial charge in [-0.3, -0.25) is 9.10 Å². The van der Waals surface area contributed by atoms with Crippen molar-refractivity contribution in [2.75, 3.05) is 36.7 Å². The van der Waals surface area contributed by atoms with Crippen LogP contribution in [-0.4, -0.2) is 57.7 Å². The van der Waals surface area contributed by atoms with E-state index in [2.05, 4.69) is 16.8 Å². The molecular formula is C20H26N3O3S2+. The highest BCUT2D eigenvalue weighted by atomic mass is 32.2. The largest absolute Gasteiger partial charge is 0.328 e. The zero-order chi connectivity index (χ0) is 19.9. The molecular weight excluding hydrogens is 394 g/mol. The van der Waals surface area contributed by atoms with Gasteiger partial charge in [0.2, 0.25) is 10.0 Å². The van der Waals surface area contributed by atoms with Crippen LogP contribution in [-0.2, 0) is 23.0 Å². The minimum Gasteiger partial charge on any atom is -0.328 e. The third kappa shape index (κ3) is 3.81. The highest BCUT2D eigenvalue weighted by Crippen LogP contribution is 2.34. The summed E-state index contributed by atoms with van der Waals surface area (Å²) in [4.78, 5) is 16.4. The lowest BCUT2D eigenvalue weighted by molar-refractivity contribution is -0.917. The van der Waals surface area contributed by atoms with E-state index in [1.165, 1.54) is 21.0 Å². The molecule has 1 aromatic carbocycles. The molecule has 1 fully saturated rings. The van der Waals surface area contributed by atoms with E-state index in [0.29, 0.717) is 17.7 Å². The molecule has 0 spiro atoms. The van der Waals surface area contributed by atoms with E-state index in [4.69, 9.17) is 0 Å². The van der Waals surface area contributed by atoms with Gasteiger partial charge in [-0.2, -0.15) is 11.3 Å². The second-order valence-corrected chi connectivity index (χ2v) is 10.4. The quantitative estimate of drug-likeness (QED) is 0.803. The Morgan fingerprint density at radius 2 is 2.00 bits per heavy atom. The van der Waals surface area contributed by atoms with Gasteiger partial charge in [0.15, 0.2) is 0 Å². The highest BCUT2D eigenvalue weighted by Gasteiger charge is 2.33. The van der Waals surface area contributed by atoms with Crippen LogP contribution in [0.15, 0.2) is 35.0 Å². The number of anilines is 1. The van der Waals surface area contributed by atoms with Gasteiger partial charge in [-0.25, -0.2) is 8.42 Å². The van der Waals surface area contributed by atoms with Gasteiger partial charge in [0.05, 0.1) is 38.1 Å². The first-order valence-electron chi connectivity index (χ1n) is 9.59. The van der Waals surface area contributed by atoms with Crippen LogP contribution < -0.4 is 9.21 Å². The van der Waals surface area contributed by atoms with Crippen molar-refractivity contribution in [2.45, 2.75) is 25.9 Å².